The van der Waals surface area contributed by atoms with Crippen molar-refractivity contribution >= 4 is 46.1 Å². The number of aryl methyl sites for hydroxylation is 1. The molecule has 2 saturated heterocycles. The molecule has 0 spiro atoms. The van der Waals surface area contributed by atoms with Crippen LogP contribution in [0.15, 0.2) is 36.7 Å². The second-order valence-corrected chi connectivity index (χ2v) is 10.6. The van der Waals surface area contributed by atoms with Gasteiger partial charge in [-0.05, 0) is 43.0 Å². The highest BCUT2D eigenvalue weighted by Crippen LogP contribution is 2.26. The van der Waals surface area contributed by atoms with Gasteiger partial charge in [0.1, 0.15) is 18.8 Å². The molecule has 3 amide bonds. The number of amides is 3. The van der Waals surface area contributed by atoms with Crippen LogP contribution in [-0.2, 0) is 23.2 Å². The van der Waals surface area contributed by atoms with Crippen molar-refractivity contribution in [1.82, 2.24) is 29.8 Å². The van der Waals surface area contributed by atoms with Crippen LogP contribution in [0, 0.1) is 5.41 Å². The molecular formula is C28H34FN9O3. The van der Waals surface area contributed by atoms with Gasteiger partial charge in [0.15, 0.2) is 5.69 Å². The second kappa shape index (κ2) is 11.5. The Morgan fingerprint density at radius 3 is 2.76 bits per heavy atom. The van der Waals surface area contributed by atoms with Gasteiger partial charge in [-0.3, -0.25) is 23.7 Å². The first-order chi connectivity index (χ1) is 19.7. The molecule has 4 heterocycles. The lowest BCUT2D eigenvalue weighted by atomic mass is 10.0. The number of nitrogens with two attached hydrogens (primary N) is 1. The number of primary amides is 1. The standard InChI is InChI=1S/C28H34FN9O3/c1-3-17(11-30)18-6-7-23-22(9-18)26(27(31)40)34-38(23)16-25(39)37-13-19(29)10-24(37)28(41)33-20-5-4-8-36(14-20)21-12-32-35(2)15-21/h3,6-7,9,11-12,15,19-20,24,30H,4-5,8,10,13-14,16H2,1-2H3,(H2,31,40)(H,33,41)/b17-3+,30-11?/t19-,20?,24+/m1/s1. The molecule has 2 aromatic heterocycles. The van der Waals surface area contributed by atoms with E-state index in [1.807, 2.05) is 13.2 Å². The molecule has 0 bridgehead atoms. The smallest absolute Gasteiger partial charge is 0.269 e. The number of halogens is 1. The molecule has 13 heteroatoms. The summed E-state index contributed by atoms with van der Waals surface area (Å²) in [6.45, 7) is 2.76. The van der Waals surface area contributed by atoms with Gasteiger partial charge in [-0.1, -0.05) is 12.1 Å². The van der Waals surface area contributed by atoms with Gasteiger partial charge in [0.05, 0.1) is 23.9 Å². The molecule has 3 aromatic rings. The van der Waals surface area contributed by atoms with Gasteiger partial charge < -0.3 is 26.3 Å². The van der Waals surface area contributed by atoms with Gasteiger partial charge in [0.2, 0.25) is 11.8 Å². The normalized spacial score (nSPS) is 21.3. The minimum absolute atomic E-state index is 0.00960. The lowest BCUT2D eigenvalue weighted by Gasteiger charge is -2.35. The molecule has 0 aliphatic carbocycles. The molecular weight excluding hydrogens is 529 g/mol. The van der Waals surface area contributed by atoms with Crippen molar-refractivity contribution < 1.29 is 18.8 Å². The zero-order chi connectivity index (χ0) is 29.3. The Hall–Kier alpha value is -4.55. The first-order valence-electron chi connectivity index (χ1n) is 13.6. The third kappa shape index (κ3) is 5.70. The largest absolute Gasteiger partial charge is 0.367 e. The number of carbonyl (C=O) groups is 3. The summed E-state index contributed by atoms with van der Waals surface area (Å²) in [5, 5.41) is 19.6. The summed E-state index contributed by atoms with van der Waals surface area (Å²) < 4.78 is 17.7. The maximum atomic E-state index is 14.6. The lowest BCUT2D eigenvalue weighted by Crippen LogP contribution is -2.53. The van der Waals surface area contributed by atoms with E-state index in [1.54, 1.807) is 42.1 Å². The van der Waals surface area contributed by atoms with E-state index in [0.29, 0.717) is 28.6 Å². The summed E-state index contributed by atoms with van der Waals surface area (Å²) in [6, 6.07) is 4.08. The number of nitrogens with zero attached hydrogens (tertiary/aromatic N) is 6. The van der Waals surface area contributed by atoms with E-state index in [2.05, 4.69) is 20.4 Å². The van der Waals surface area contributed by atoms with Crippen molar-refractivity contribution in [3.05, 3.63) is 47.9 Å². The fraction of sp³-hybridized carbons (Fsp3) is 0.429. The van der Waals surface area contributed by atoms with E-state index in [9.17, 15) is 18.8 Å². The summed E-state index contributed by atoms with van der Waals surface area (Å²) in [4.78, 5) is 42.3. The maximum Gasteiger partial charge on any atom is 0.269 e. The van der Waals surface area contributed by atoms with E-state index in [4.69, 9.17) is 11.1 Å². The molecule has 1 aromatic carbocycles. The van der Waals surface area contributed by atoms with E-state index in [-0.39, 0.29) is 37.2 Å². The number of benzene rings is 1. The lowest BCUT2D eigenvalue weighted by molar-refractivity contribution is -0.139. The first-order valence-corrected chi connectivity index (χ1v) is 13.6. The second-order valence-electron chi connectivity index (χ2n) is 10.6. The molecule has 12 nitrogen and oxygen atoms in total. The Bertz CT molecular complexity index is 1530. The number of carbonyl (C=O) groups excluding carboxylic acids is 3. The highest BCUT2D eigenvalue weighted by atomic mass is 19.1. The van der Waals surface area contributed by atoms with Gasteiger partial charge >= 0.3 is 0 Å². The fourth-order valence-corrected chi connectivity index (χ4v) is 5.72. The fourth-order valence-electron chi connectivity index (χ4n) is 5.72. The molecule has 4 N–H and O–H groups in total. The number of likely N-dealkylation sites (tertiary alicyclic amines) is 1. The van der Waals surface area contributed by atoms with Crippen LogP contribution >= 0.6 is 0 Å². The Morgan fingerprint density at radius 2 is 2.07 bits per heavy atom. The van der Waals surface area contributed by atoms with Crippen molar-refractivity contribution in [3.8, 4) is 0 Å². The minimum Gasteiger partial charge on any atom is -0.367 e. The third-order valence-corrected chi connectivity index (χ3v) is 7.77. The molecule has 0 saturated carbocycles. The van der Waals surface area contributed by atoms with Gasteiger partial charge in [-0.15, -0.1) is 0 Å². The number of allylic oxidation sites excluding steroid dienone is 2. The monoisotopic (exact) mass is 563 g/mol. The van der Waals surface area contributed by atoms with Crippen LogP contribution in [0.25, 0.3) is 16.5 Å². The number of alkyl halides is 1. The molecule has 3 atom stereocenters. The zero-order valence-electron chi connectivity index (χ0n) is 23.1. The van der Waals surface area contributed by atoms with Crippen LogP contribution in [-0.4, -0.2) is 86.3 Å². The number of hydrogen-bond acceptors (Lipinski definition) is 7. The number of nitrogens with one attached hydrogen (secondary N) is 2. The van der Waals surface area contributed by atoms with Crippen molar-refractivity contribution in [1.29, 1.82) is 5.41 Å². The predicted octanol–water partition coefficient (Wildman–Crippen LogP) is 1.65. The van der Waals surface area contributed by atoms with Crippen molar-refractivity contribution in [2.24, 2.45) is 12.8 Å². The van der Waals surface area contributed by atoms with Crippen LogP contribution in [0.5, 0.6) is 0 Å². The molecule has 2 fully saturated rings. The average molecular weight is 564 g/mol. The van der Waals surface area contributed by atoms with E-state index in [0.717, 1.165) is 25.1 Å². The molecule has 0 radical (unpaired) electrons. The van der Waals surface area contributed by atoms with Gasteiger partial charge in [0, 0.05) is 50.4 Å². The Balaban J connectivity index is 1.32. The molecule has 2 aliphatic heterocycles. The third-order valence-electron chi connectivity index (χ3n) is 7.77. The van der Waals surface area contributed by atoms with Crippen LogP contribution in [0.1, 0.15) is 42.2 Å². The Labute approximate surface area is 236 Å². The van der Waals surface area contributed by atoms with Crippen LogP contribution in [0.4, 0.5) is 10.1 Å². The number of piperidine rings is 1. The quantitative estimate of drug-likeness (QED) is 0.354. The molecule has 41 heavy (non-hydrogen) atoms. The van der Waals surface area contributed by atoms with E-state index >= 15 is 0 Å². The number of rotatable bonds is 8. The summed E-state index contributed by atoms with van der Waals surface area (Å²) in [5.41, 5.74) is 8.37. The SMILES string of the molecule is C/C=C(\C=N)c1ccc2c(c1)c(C(N)=O)nn2CC(=O)N1C[C@H](F)C[C@H]1C(=O)NC1CCCN(c2cnn(C)c2)C1. The number of fused-ring (bicyclic) bond motifs is 1. The molecule has 2 aliphatic rings. The van der Waals surface area contributed by atoms with Gasteiger partial charge in [0.25, 0.3) is 5.91 Å². The van der Waals surface area contributed by atoms with Crippen molar-refractivity contribution in [2.75, 3.05) is 24.5 Å². The first kappa shape index (κ1) is 28.0. The Kier molecular flexibility index (Phi) is 7.86. The number of aromatic nitrogens is 4. The highest BCUT2D eigenvalue weighted by Gasteiger charge is 2.41. The van der Waals surface area contributed by atoms with Gasteiger partial charge in [-0.25, -0.2) is 4.39 Å². The topological polar surface area (TPSA) is 155 Å². The number of hydrogen-bond donors (Lipinski definition) is 3. The summed E-state index contributed by atoms with van der Waals surface area (Å²) >= 11 is 0. The van der Waals surface area contributed by atoms with Crippen LogP contribution in [0.3, 0.4) is 0 Å². The number of anilines is 1. The van der Waals surface area contributed by atoms with Crippen molar-refractivity contribution in [2.45, 2.75) is 51.0 Å². The minimum atomic E-state index is -1.33. The van der Waals surface area contributed by atoms with E-state index < -0.39 is 24.0 Å². The summed E-state index contributed by atoms with van der Waals surface area (Å²) in [5.74, 6) is -1.62. The van der Waals surface area contributed by atoms with E-state index in [1.165, 1.54) is 15.8 Å². The molecule has 5 rings (SSSR count). The van der Waals surface area contributed by atoms with Crippen molar-refractivity contribution in [3.63, 3.8) is 0 Å². The zero-order valence-corrected chi connectivity index (χ0v) is 23.1. The molecule has 1 unspecified atom stereocenters. The van der Waals surface area contributed by atoms with Gasteiger partial charge in [-0.2, -0.15) is 10.2 Å². The molecule has 216 valence electrons. The van der Waals surface area contributed by atoms with Crippen LogP contribution < -0.4 is 16.0 Å². The highest BCUT2D eigenvalue weighted by molar-refractivity contribution is 6.11. The summed E-state index contributed by atoms with van der Waals surface area (Å²) in [6.07, 6.45) is 6.93. The average Bonchev–Trinajstić information content (AvgIpc) is 3.66. The summed E-state index contributed by atoms with van der Waals surface area (Å²) in [7, 11) is 1.85. The predicted molar refractivity (Wildman–Crippen MR) is 152 cm³/mol. The van der Waals surface area contributed by atoms with Crippen LogP contribution in [0.2, 0.25) is 0 Å². The maximum absolute atomic E-state index is 14.6. The Morgan fingerprint density at radius 1 is 1.27 bits per heavy atom.